The number of benzene rings is 2. The Hall–Kier alpha value is -4.30. The number of anilines is 1. The normalized spacial score (nSPS) is 10.5. The summed E-state index contributed by atoms with van der Waals surface area (Å²) in [6.07, 6.45) is 0. The molecule has 0 radical (unpaired) electrons. The average Bonchev–Trinajstić information content (AvgIpc) is 3.42. The Bertz CT molecular complexity index is 1480. The summed E-state index contributed by atoms with van der Waals surface area (Å²) in [4.78, 5) is 28.7. The van der Waals surface area contributed by atoms with E-state index >= 15 is 0 Å². The van der Waals surface area contributed by atoms with Crippen molar-refractivity contribution in [1.29, 1.82) is 5.26 Å². The molecule has 1 N–H and O–H groups in total. The molecule has 0 aliphatic rings. The van der Waals surface area contributed by atoms with Crippen LogP contribution in [-0.2, 0) is 4.74 Å². The number of nitrogens with one attached hydrogen (secondary N) is 1. The second kappa shape index (κ2) is 11.0. The molecule has 0 saturated carbocycles. The molecule has 4 aromatic rings. The Morgan fingerprint density at radius 3 is 2.72 bits per heavy atom. The second-order valence-electron chi connectivity index (χ2n) is 7.32. The van der Waals surface area contributed by atoms with Crippen LogP contribution in [0, 0.1) is 21.4 Å². The number of amides is 1. The zero-order valence-corrected chi connectivity index (χ0v) is 20.3. The Balaban J connectivity index is 1.94. The number of rotatable bonds is 8. The SMILES string of the molecule is COCOc1cc(Cl)ccc1-c1cc(-c2cccc([N+](=O)[O-])c2)c(C#N)c(NC(=O)c2cccs2)n1. The van der Waals surface area contributed by atoms with Crippen LogP contribution in [0.5, 0.6) is 5.75 Å². The van der Waals surface area contributed by atoms with Crippen LogP contribution < -0.4 is 10.1 Å². The Labute approximate surface area is 214 Å². The van der Waals surface area contributed by atoms with Crippen LogP contribution in [0.1, 0.15) is 15.2 Å². The van der Waals surface area contributed by atoms with Gasteiger partial charge in [-0.2, -0.15) is 5.26 Å². The molecular formula is C25H17ClN4O5S. The van der Waals surface area contributed by atoms with E-state index in [1.807, 2.05) is 0 Å². The number of hydrogen-bond acceptors (Lipinski definition) is 8. The number of hydrogen-bond donors (Lipinski definition) is 1. The van der Waals surface area contributed by atoms with Crippen molar-refractivity contribution in [1.82, 2.24) is 4.98 Å². The zero-order valence-electron chi connectivity index (χ0n) is 18.7. The molecule has 0 bridgehead atoms. The van der Waals surface area contributed by atoms with Gasteiger partial charge in [0.25, 0.3) is 11.6 Å². The van der Waals surface area contributed by atoms with E-state index < -0.39 is 10.8 Å². The minimum atomic E-state index is -0.521. The molecule has 0 aliphatic heterocycles. The van der Waals surface area contributed by atoms with Gasteiger partial charge in [-0.1, -0.05) is 29.8 Å². The molecule has 2 aromatic carbocycles. The van der Waals surface area contributed by atoms with E-state index in [4.69, 9.17) is 21.1 Å². The quantitative estimate of drug-likeness (QED) is 0.168. The standard InChI is InChI=1S/C25H17ClN4O5S/c1-34-14-35-22-11-16(26)7-8-18(22)21-12-19(15-4-2-5-17(10-15)30(32)33)20(13-27)24(28-21)29-25(31)23-6-3-9-36-23/h2-12H,14H2,1H3,(H,28,29,31). The first kappa shape index (κ1) is 24.8. The highest BCUT2D eigenvalue weighted by molar-refractivity contribution is 7.12. The molecule has 2 aromatic heterocycles. The molecule has 0 unspecified atom stereocenters. The summed E-state index contributed by atoms with van der Waals surface area (Å²) in [6.45, 7) is -0.0523. The number of carbonyl (C=O) groups excluding carboxylic acids is 1. The van der Waals surface area contributed by atoms with Crippen LogP contribution in [-0.4, -0.2) is 29.7 Å². The lowest BCUT2D eigenvalue weighted by atomic mass is 9.97. The number of nitro groups is 1. The van der Waals surface area contributed by atoms with Crippen LogP contribution in [0.4, 0.5) is 11.5 Å². The van der Waals surface area contributed by atoms with Crippen molar-refractivity contribution in [3.05, 3.63) is 91.6 Å². The van der Waals surface area contributed by atoms with Crippen molar-refractivity contribution in [3.8, 4) is 34.2 Å². The number of halogens is 1. The molecule has 0 fully saturated rings. The number of non-ortho nitro benzene ring substituents is 1. The Morgan fingerprint density at radius 2 is 2.03 bits per heavy atom. The van der Waals surface area contributed by atoms with Crippen molar-refractivity contribution in [2.45, 2.75) is 0 Å². The Morgan fingerprint density at radius 1 is 1.19 bits per heavy atom. The topological polar surface area (TPSA) is 127 Å². The minimum Gasteiger partial charge on any atom is -0.467 e. The smallest absolute Gasteiger partial charge is 0.270 e. The molecule has 0 saturated heterocycles. The van der Waals surface area contributed by atoms with Gasteiger partial charge in [0.2, 0.25) is 0 Å². The monoisotopic (exact) mass is 520 g/mol. The minimum absolute atomic E-state index is 0.00236. The van der Waals surface area contributed by atoms with Gasteiger partial charge >= 0.3 is 0 Å². The summed E-state index contributed by atoms with van der Waals surface area (Å²) in [5.41, 5.74) is 1.52. The molecule has 0 spiro atoms. The first-order chi connectivity index (χ1) is 17.4. The average molecular weight is 521 g/mol. The van der Waals surface area contributed by atoms with E-state index in [0.29, 0.717) is 38.0 Å². The van der Waals surface area contributed by atoms with Crippen LogP contribution in [0.25, 0.3) is 22.4 Å². The fraction of sp³-hybridized carbons (Fsp3) is 0.0800. The van der Waals surface area contributed by atoms with E-state index in [1.165, 1.54) is 36.6 Å². The van der Waals surface area contributed by atoms with Gasteiger partial charge in [0.05, 0.1) is 15.5 Å². The highest BCUT2D eigenvalue weighted by Gasteiger charge is 2.21. The highest BCUT2D eigenvalue weighted by atomic mass is 35.5. The largest absolute Gasteiger partial charge is 0.467 e. The summed E-state index contributed by atoms with van der Waals surface area (Å²) in [5.74, 6) is -0.0762. The van der Waals surface area contributed by atoms with Gasteiger partial charge in [-0.25, -0.2) is 4.98 Å². The van der Waals surface area contributed by atoms with Gasteiger partial charge in [-0.3, -0.25) is 14.9 Å². The molecule has 9 nitrogen and oxygen atoms in total. The summed E-state index contributed by atoms with van der Waals surface area (Å²) in [7, 11) is 1.48. The number of carbonyl (C=O) groups is 1. The van der Waals surface area contributed by atoms with Crippen LogP contribution in [0.15, 0.2) is 66.0 Å². The van der Waals surface area contributed by atoms with Gasteiger partial charge in [-0.15, -0.1) is 11.3 Å². The lowest BCUT2D eigenvalue weighted by molar-refractivity contribution is -0.384. The van der Waals surface area contributed by atoms with Crippen molar-refractivity contribution in [2.75, 3.05) is 19.2 Å². The van der Waals surface area contributed by atoms with Crippen molar-refractivity contribution in [3.63, 3.8) is 0 Å². The number of nitro benzene ring substituents is 1. The maximum absolute atomic E-state index is 12.8. The van der Waals surface area contributed by atoms with Gasteiger partial charge in [-0.05, 0) is 41.3 Å². The van der Waals surface area contributed by atoms with E-state index in [9.17, 15) is 20.2 Å². The van der Waals surface area contributed by atoms with Gasteiger partial charge in [0.1, 0.15) is 17.4 Å². The van der Waals surface area contributed by atoms with Crippen LogP contribution in [0.2, 0.25) is 5.02 Å². The summed E-state index contributed by atoms with van der Waals surface area (Å²) in [5, 5.41) is 26.3. The predicted molar refractivity (Wildman–Crippen MR) is 136 cm³/mol. The number of methoxy groups -OCH3 is 1. The Kier molecular flexibility index (Phi) is 7.56. The van der Waals surface area contributed by atoms with Gasteiger partial charge in [0.15, 0.2) is 12.6 Å². The van der Waals surface area contributed by atoms with E-state index in [1.54, 1.807) is 47.8 Å². The van der Waals surface area contributed by atoms with E-state index in [-0.39, 0.29) is 23.9 Å². The number of thiophene rings is 1. The van der Waals surface area contributed by atoms with Crippen LogP contribution in [0.3, 0.4) is 0 Å². The van der Waals surface area contributed by atoms with Gasteiger partial charge < -0.3 is 14.8 Å². The fourth-order valence-corrected chi connectivity index (χ4v) is 4.21. The number of nitrogens with zero attached hydrogens (tertiary/aromatic N) is 3. The third-order valence-corrected chi connectivity index (χ3v) is 6.13. The molecule has 2 heterocycles. The molecule has 0 atom stereocenters. The summed E-state index contributed by atoms with van der Waals surface area (Å²) in [6, 6.07) is 17.9. The third kappa shape index (κ3) is 5.34. The number of nitriles is 1. The molecule has 4 rings (SSSR count). The molecule has 180 valence electrons. The number of aromatic nitrogens is 1. The second-order valence-corrected chi connectivity index (χ2v) is 8.70. The maximum Gasteiger partial charge on any atom is 0.270 e. The van der Waals surface area contributed by atoms with Crippen molar-refractivity contribution >= 4 is 40.4 Å². The fourth-order valence-electron chi connectivity index (χ4n) is 3.43. The number of pyridine rings is 1. The molecular weight excluding hydrogens is 504 g/mol. The third-order valence-electron chi connectivity index (χ3n) is 5.03. The van der Waals surface area contributed by atoms with E-state index in [0.717, 1.165) is 0 Å². The van der Waals surface area contributed by atoms with Gasteiger partial charge in [0, 0.05) is 35.4 Å². The lowest BCUT2D eigenvalue weighted by Gasteiger charge is -2.16. The summed E-state index contributed by atoms with van der Waals surface area (Å²) < 4.78 is 10.7. The molecule has 0 aliphatic carbocycles. The maximum atomic E-state index is 12.8. The molecule has 11 heteroatoms. The first-order valence-electron chi connectivity index (χ1n) is 10.4. The molecule has 36 heavy (non-hydrogen) atoms. The highest BCUT2D eigenvalue weighted by Crippen LogP contribution is 2.38. The predicted octanol–water partition coefficient (Wildman–Crippen LogP) is 6.15. The number of ether oxygens (including phenoxy) is 2. The summed E-state index contributed by atoms with van der Waals surface area (Å²) >= 11 is 7.40. The van der Waals surface area contributed by atoms with Crippen molar-refractivity contribution in [2.24, 2.45) is 0 Å². The van der Waals surface area contributed by atoms with E-state index in [2.05, 4.69) is 16.4 Å². The zero-order chi connectivity index (χ0) is 25.7. The molecule has 1 amide bonds. The first-order valence-corrected chi connectivity index (χ1v) is 11.6. The lowest BCUT2D eigenvalue weighted by Crippen LogP contribution is -2.14. The van der Waals surface area contributed by atoms with Crippen LogP contribution >= 0.6 is 22.9 Å². The van der Waals surface area contributed by atoms with Crippen molar-refractivity contribution < 1.29 is 19.2 Å².